The minimum absolute atomic E-state index is 0.641. The Bertz CT molecular complexity index is 468. The van der Waals surface area contributed by atoms with Crippen molar-refractivity contribution >= 4 is 15.9 Å². The monoisotopic (exact) mass is 281 g/mol. The normalized spacial score (nSPS) is 12.4. The minimum Gasteiger partial charge on any atom is -0.496 e. The molecule has 1 aromatic carbocycles. The molecule has 0 fully saturated rings. The van der Waals surface area contributed by atoms with Gasteiger partial charge in [-0.1, -0.05) is 6.07 Å². The van der Waals surface area contributed by atoms with Gasteiger partial charge in [0.05, 0.1) is 11.6 Å². The Kier molecular flexibility index (Phi) is 3.31. The van der Waals surface area contributed by atoms with E-state index in [4.69, 9.17) is 4.74 Å². The van der Waals surface area contributed by atoms with Crippen molar-refractivity contribution in [3.63, 3.8) is 0 Å². The Hall–Kier alpha value is -1.26. The third kappa shape index (κ3) is 2.13. The molecule has 0 bridgehead atoms. The molecule has 2 N–H and O–H groups in total. The number of ether oxygens (including phenoxy) is 1. The predicted molar refractivity (Wildman–Crippen MR) is 65.5 cm³/mol. The summed E-state index contributed by atoms with van der Waals surface area (Å²) in [6, 6.07) is 9.23. The van der Waals surface area contributed by atoms with E-state index in [1.165, 1.54) is 0 Å². The second-order valence-corrected chi connectivity index (χ2v) is 4.28. The van der Waals surface area contributed by atoms with Gasteiger partial charge in [-0.3, -0.25) is 0 Å². The van der Waals surface area contributed by atoms with Crippen LogP contribution >= 0.6 is 15.9 Å². The van der Waals surface area contributed by atoms with Crippen LogP contribution in [-0.2, 0) is 0 Å². The van der Waals surface area contributed by atoms with Gasteiger partial charge in [-0.15, -0.1) is 0 Å². The molecule has 0 saturated carbocycles. The highest BCUT2D eigenvalue weighted by Crippen LogP contribution is 2.29. The Morgan fingerprint density at radius 2 is 2.19 bits per heavy atom. The third-order valence-corrected chi connectivity index (χ3v) is 3.03. The average molecular weight is 282 g/mol. The lowest BCUT2D eigenvalue weighted by molar-refractivity contribution is 0.216. The van der Waals surface area contributed by atoms with Crippen molar-refractivity contribution in [2.45, 2.75) is 6.10 Å². The first-order valence-electron chi connectivity index (χ1n) is 4.87. The van der Waals surface area contributed by atoms with Crippen LogP contribution in [0.3, 0.4) is 0 Å². The predicted octanol–water partition coefficient (Wildman–Crippen LogP) is 2.87. The van der Waals surface area contributed by atoms with E-state index >= 15 is 0 Å². The van der Waals surface area contributed by atoms with E-state index in [0.29, 0.717) is 0 Å². The van der Waals surface area contributed by atoms with Crippen LogP contribution in [0.4, 0.5) is 0 Å². The Morgan fingerprint density at radius 1 is 1.38 bits per heavy atom. The summed E-state index contributed by atoms with van der Waals surface area (Å²) in [4.78, 5) is 2.99. The van der Waals surface area contributed by atoms with E-state index in [-0.39, 0.29) is 0 Å². The fraction of sp³-hybridized carbons (Fsp3) is 0.167. The highest BCUT2D eigenvalue weighted by atomic mass is 79.9. The van der Waals surface area contributed by atoms with E-state index < -0.39 is 6.10 Å². The van der Waals surface area contributed by atoms with Gasteiger partial charge in [-0.2, -0.15) is 0 Å². The highest BCUT2D eigenvalue weighted by Gasteiger charge is 2.12. The molecule has 1 heterocycles. The van der Waals surface area contributed by atoms with E-state index in [1.807, 2.05) is 30.3 Å². The van der Waals surface area contributed by atoms with Crippen LogP contribution in [0.1, 0.15) is 17.4 Å². The third-order valence-electron chi connectivity index (χ3n) is 2.41. The molecule has 3 nitrogen and oxygen atoms in total. The standard InChI is InChI=1S/C12H12BrNO2/c1-16-11-5-4-8(7-9(11)13)12(15)10-3-2-6-14-10/h2-7,12,14-15H,1H3. The first-order valence-corrected chi connectivity index (χ1v) is 5.66. The Balaban J connectivity index is 2.31. The molecular formula is C12H12BrNO2. The number of nitrogens with one attached hydrogen (secondary N) is 1. The summed E-state index contributed by atoms with van der Waals surface area (Å²) in [7, 11) is 1.61. The molecule has 0 radical (unpaired) electrons. The summed E-state index contributed by atoms with van der Waals surface area (Å²) in [5, 5.41) is 10.1. The molecule has 1 unspecified atom stereocenters. The second kappa shape index (κ2) is 4.72. The number of aliphatic hydroxyl groups is 1. The van der Waals surface area contributed by atoms with Crippen LogP contribution in [0.5, 0.6) is 5.75 Å². The number of H-pyrrole nitrogens is 1. The maximum atomic E-state index is 10.1. The molecule has 2 rings (SSSR count). The summed E-state index contributed by atoms with van der Waals surface area (Å²) in [6.07, 6.45) is 1.15. The first-order chi connectivity index (χ1) is 7.72. The van der Waals surface area contributed by atoms with Crippen LogP contribution in [0.2, 0.25) is 0 Å². The zero-order chi connectivity index (χ0) is 11.5. The highest BCUT2D eigenvalue weighted by molar-refractivity contribution is 9.10. The van der Waals surface area contributed by atoms with Crippen molar-refractivity contribution in [3.05, 3.63) is 52.3 Å². The molecule has 0 amide bonds. The molecule has 1 aromatic heterocycles. The summed E-state index contributed by atoms with van der Waals surface area (Å²) in [5.74, 6) is 0.752. The van der Waals surface area contributed by atoms with Crippen LogP contribution in [-0.4, -0.2) is 17.2 Å². The van der Waals surface area contributed by atoms with Gasteiger partial charge in [0, 0.05) is 11.9 Å². The van der Waals surface area contributed by atoms with E-state index in [1.54, 1.807) is 13.3 Å². The fourth-order valence-electron chi connectivity index (χ4n) is 1.55. The van der Waals surface area contributed by atoms with Gasteiger partial charge in [0.15, 0.2) is 0 Å². The Morgan fingerprint density at radius 3 is 2.75 bits per heavy atom. The van der Waals surface area contributed by atoms with Crippen molar-refractivity contribution in [3.8, 4) is 5.75 Å². The average Bonchev–Trinajstić information content (AvgIpc) is 2.81. The van der Waals surface area contributed by atoms with Crippen LogP contribution in [0.25, 0.3) is 0 Å². The zero-order valence-corrected chi connectivity index (χ0v) is 10.4. The molecular weight excluding hydrogens is 270 g/mol. The van der Waals surface area contributed by atoms with Gasteiger partial charge >= 0.3 is 0 Å². The van der Waals surface area contributed by atoms with Gasteiger partial charge in [-0.05, 0) is 45.8 Å². The molecule has 0 aliphatic heterocycles. The molecule has 84 valence electrons. The molecule has 0 aliphatic rings. The lowest BCUT2D eigenvalue weighted by Crippen LogP contribution is -2.00. The van der Waals surface area contributed by atoms with Crippen LogP contribution < -0.4 is 4.74 Å². The number of methoxy groups -OCH3 is 1. The molecule has 0 spiro atoms. The van der Waals surface area contributed by atoms with Crippen molar-refractivity contribution in [2.24, 2.45) is 0 Å². The molecule has 0 saturated heterocycles. The maximum absolute atomic E-state index is 10.1. The van der Waals surface area contributed by atoms with E-state index in [9.17, 15) is 5.11 Å². The fourth-order valence-corrected chi connectivity index (χ4v) is 2.10. The summed E-state index contributed by atoms with van der Waals surface area (Å²) >= 11 is 3.39. The number of rotatable bonds is 3. The topological polar surface area (TPSA) is 45.2 Å². The maximum Gasteiger partial charge on any atom is 0.133 e. The number of benzene rings is 1. The Labute approximate surface area is 102 Å². The number of aliphatic hydroxyl groups excluding tert-OH is 1. The molecule has 4 heteroatoms. The summed E-state index contributed by atoms with van der Waals surface area (Å²) < 4.78 is 5.97. The number of aromatic nitrogens is 1. The first kappa shape index (κ1) is 11.2. The molecule has 2 aromatic rings. The molecule has 0 aliphatic carbocycles. The second-order valence-electron chi connectivity index (χ2n) is 3.42. The van der Waals surface area contributed by atoms with Gasteiger partial charge < -0.3 is 14.8 Å². The molecule has 1 atom stereocenters. The van der Waals surface area contributed by atoms with Gasteiger partial charge in [0.2, 0.25) is 0 Å². The largest absolute Gasteiger partial charge is 0.496 e. The smallest absolute Gasteiger partial charge is 0.133 e. The summed E-state index contributed by atoms with van der Waals surface area (Å²) in [6.45, 7) is 0. The van der Waals surface area contributed by atoms with Crippen molar-refractivity contribution in [1.29, 1.82) is 0 Å². The van der Waals surface area contributed by atoms with Gasteiger partial charge in [-0.25, -0.2) is 0 Å². The van der Waals surface area contributed by atoms with E-state index in [2.05, 4.69) is 20.9 Å². The number of aromatic amines is 1. The number of halogens is 1. The van der Waals surface area contributed by atoms with Crippen molar-refractivity contribution in [2.75, 3.05) is 7.11 Å². The van der Waals surface area contributed by atoms with E-state index in [0.717, 1.165) is 21.5 Å². The minimum atomic E-state index is -0.641. The summed E-state index contributed by atoms with van der Waals surface area (Å²) in [5.41, 5.74) is 1.59. The lowest BCUT2D eigenvalue weighted by Gasteiger charge is -2.11. The zero-order valence-electron chi connectivity index (χ0n) is 8.77. The molecule has 16 heavy (non-hydrogen) atoms. The van der Waals surface area contributed by atoms with Gasteiger partial charge in [0.1, 0.15) is 11.9 Å². The quantitative estimate of drug-likeness (QED) is 0.909. The van der Waals surface area contributed by atoms with Crippen molar-refractivity contribution in [1.82, 2.24) is 4.98 Å². The van der Waals surface area contributed by atoms with Crippen LogP contribution in [0.15, 0.2) is 41.0 Å². The van der Waals surface area contributed by atoms with Crippen molar-refractivity contribution < 1.29 is 9.84 Å². The number of hydrogen-bond acceptors (Lipinski definition) is 2. The SMILES string of the molecule is COc1ccc(C(O)c2ccc[nH]2)cc1Br. The van der Waals surface area contributed by atoms with Crippen LogP contribution in [0, 0.1) is 0 Å². The lowest BCUT2D eigenvalue weighted by atomic mass is 10.1. The van der Waals surface area contributed by atoms with Gasteiger partial charge in [0.25, 0.3) is 0 Å². The number of hydrogen-bond donors (Lipinski definition) is 2.